The minimum Gasteiger partial charge on any atom is -0.488 e. The van der Waals surface area contributed by atoms with Gasteiger partial charge in [-0.15, -0.1) is 0 Å². The molecule has 43 heavy (non-hydrogen) atoms. The van der Waals surface area contributed by atoms with Gasteiger partial charge >= 0.3 is 0 Å². The Morgan fingerprint density at radius 2 is 1.28 bits per heavy atom. The molecule has 1 fully saturated rings. The van der Waals surface area contributed by atoms with Gasteiger partial charge in [-0.25, -0.2) is 8.42 Å². The van der Waals surface area contributed by atoms with Crippen LogP contribution in [0.15, 0.2) is 108 Å². The molecule has 5 rings (SSSR count). The summed E-state index contributed by atoms with van der Waals surface area (Å²) < 4.78 is 33.8. The Labute approximate surface area is 252 Å². The van der Waals surface area contributed by atoms with Crippen LogP contribution < -0.4 is 15.6 Å². The summed E-state index contributed by atoms with van der Waals surface area (Å²) in [5.41, 5.74) is 8.33. The van der Waals surface area contributed by atoms with Crippen molar-refractivity contribution in [2.75, 3.05) is 13.1 Å². The van der Waals surface area contributed by atoms with Crippen LogP contribution in [-0.2, 0) is 16.6 Å². The molecule has 1 saturated heterocycles. The van der Waals surface area contributed by atoms with Crippen molar-refractivity contribution in [1.82, 2.24) is 15.2 Å². The molecular weight excluding hydrogens is 562 g/mol. The van der Waals surface area contributed by atoms with Gasteiger partial charge in [-0.1, -0.05) is 74.5 Å². The number of para-hydroxylation sites is 1. The van der Waals surface area contributed by atoms with Crippen LogP contribution in [0.5, 0.6) is 5.75 Å². The third-order valence-corrected chi connectivity index (χ3v) is 9.31. The highest BCUT2D eigenvalue weighted by atomic mass is 32.2. The minimum absolute atomic E-state index is 0.141. The number of amides is 2. The average molecular weight is 598 g/mol. The van der Waals surface area contributed by atoms with Gasteiger partial charge in [-0.3, -0.25) is 20.4 Å². The third kappa shape index (κ3) is 7.31. The van der Waals surface area contributed by atoms with Crippen LogP contribution in [0.4, 0.5) is 0 Å². The molecule has 1 heterocycles. The first kappa shape index (κ1) is 30.0. The van der Waals surface area contributed by atoms with Crippen LogP contribution in [-0.4, -0.2) is 37.6 Å². The molecule has 222 valence electrons. The van der Waals surface area contributed by atoms with Crippen LogP contribution in [0.25, 0.3) is 11.1 Å². The summed E-state index contributed by atoms with van der Waals surface area (Å²) in [6, 6.07) is 30.5. The van der Waals surface area contributed by atoms with Crippen LogP contribution in [0.3, 0.4) is 0 Å². The summed E-state index contributed by atoms with van der Waals surface area (Å²) in [6.07, 6.45) is 1.000. The summed E-state index contributed by atoms with van der Waals surface area (Å²) in [4.78, 5) is 25.4. The van der Waals surface area contributed by atoms with Gasteiger partial charge < -0.3 is 4.74 Å². The number of carbonyl (C=O) groups excluding carboxylic acids is 2. The number of ether oxygens (including phenoxy) is 1. The maximum atomic E-state index is 13.1. The zero-order valence-electron chi connectivity index (χ0n) is 24.2. The molecule has 0 aliphatic carbocycles. The van der Waals surface area contributed by atoms with Crippen molar-refractivity contribution >= 4 is 21.8 Å². The molecule has 0 saturated carbocycles. The Bertz CT molecular complexity index is 1660. The summed E-state index contributed by atoms with van der Waals surface area (Å²) in [5, 5.41) is 0. The molecule has 1 aliphatic heterocycles. The topological polar surface area (TPSA) is 105 Å². The number of hydrogen-bond acceptors (Lipinski definition) is 5. The average Bonchev–Trinajstić information content (AvgIpc) is 3.03. The van der Waals surface area contributed by atoms with Gasteiger partial charge in [0.2, 0.25) is 10.0 Å². The number of piperidine rings is 1. The Balaban J connectivity index is 1.14. The SMILES string of the molecule is C[C@H]1C[C@H](C)CN(S(=O)(=O)c2ccc(C(=O)NNC(=O)c3ccc(COc4ccccc4-c4ccccc4)cc3)cc2)C1. The first-order valence-corrected chi connectivity index (χ1v) is 15.7. The highest BCUT2D eigenvalue weighted by molar-refractivity contribution is 7.89. The molecule has 0 aromatic heterocycles. The van der Waals surface area contributed by atoms with Crippen molar-refractivity contribution < 1.29 is 22.7 Å². The van der Waals surface area contributed by atoms with Gasteiger partial charge in [0.05, 0.1) is 4.90 Å². The van der Waals surface area contributed by atoms with E-state index in [2.05, 4.69) is 24.7 Å². The van der Waals surface area contributed by atoms with E-state index in [0.717, 1.165) is 28.9 Å². The smallest absolute Gasteiger partial charge is 0.269 e. The first-order valence-electron chi connectivity index (χ1n) is 14.3. The standard InChI is InChI=1S/C34H35N3O5S/c1-24-20-25(2)22-37(21-24)43(40,41)30-18-16-29(17-19-30)34(39)36-35-33(38)28-14-12-26(13-15-28)23-42-32-11-7-6-10-31(32)27-8-4-3-5-9-27/h3-19,24-25H,20-23H2,1-2H3,(H,35,38)(H,36,39)/t24-,25-/m0/s1. The molecule has 0 unspecified atom stereocenters. The summed E-state index contributed by atoms with van der Waals surface area (Å²) in [5.74, 6) is 0.306. The third-order valence-electron chi connectivity index (χ3n) is 7.46. The van der Waals surface area contributed by atoms with E-state index in [1.54, 1.807) is 24.3 Å². The fourth-order valence-corrected chi connectivity index (χ4v) is 7.03. The number of hydrazine groups is 1. The second kappa shape index (κ2) is 13.2. The lowest BCUT2D eigenvalue weighted by molar-refractivity contribution is 0.0846. The van der Waals surface area contributed by atoms with E-state index in [9.17, 15) is 18.0 Å². The highest BCUT2D eigenvalue weighted by Gasteiger charge is 2.31. The minimum atomic E-state index is -3.65. The second-order valence-electron chi connectivity index (χ2n) is 11.0. The molecule has 2 amide bonds. The Kier molecular flexibility index (Phi) is 9.23. The van der Waals surface area contributed by atoms with Crippen LogP contribution in [0, 0.1) is 11.8 Å². The summed E-state index contributed by atoms with van der Waals surface area (Å²) in [7, 11) is -3.65. The lowest BCUT2D eigenvalue weighted by atomic mass is 9.94. The van der Waals surface area contributed by atoms with Gasteiger partial charge in [-0.2, -0.15) is 4.31 Å². The maximum absolute atomic E-state index is 13.1. The van der Waals surface area contributed by atoms with Crippen molar-refractivity contribution in [2.45, 2.75) is 31.8 Å². The number of sulfonamides is 1. The molecular formula is C34H35N3O5S. The fourth-order valence-electron chi connectivity index (χ4n) is 5.35. The number of nitrogens with one attached hydrogen (secondary N) is 2. The normalized spacial score (nSPS) is 17.2. The Morgan fingerprint density at radius 1 is 0.744 bits per heavy atom. The van der Waals surface area contributed by atoms with Gasteiger partial charge in [-0.05, 0) is 71.8 Å². The van der Waals surface area contributed by atoms with E-state index in [1.165, 1.54) is 28.6 Å². The van der Waals surface area contributed by atoms with Gasteiger partial charge in [0, 0.05) is 29.8 Å². The Morgan fingerprint density at radius 3 is 1.88 bits per heavy atom. The van der Waals surface area contributed by atoms with E-state index in [1.807, 2.05) is 54.6 Å². The molecule has 1 aliphatic rings. The van der Waals surface area contributed by atoms with E-state index >= 15 is 0 Å². The lowest BCUT2D eigenvalue weighted by Gasteiger charge is -2.34. The zero-order chi connectivity index (χ0) is 30.4. The number of hydrogen-bond donors (Lipinski definition) is 2. The van der Waals surface area contributed by atoms with Crippen LogP contribution >= 0.6 is 0 Å². The van der Waals surface area contributed by atoms with E-state index in [4.69, 9.17) is 4.74 Å². The summed E-state index contributed by atoms with van der Waals surface area (Å²) >= 11 is 0. The van der Waals surface area contributed by atoms with E-state index in [-0.39, 0.29) is 10.5 Å². The second-order valence-corrected chi connectivity index (χ2v) is 13.0. The van der Waals surface area contributed by atoms with Gasteiger partial charge in [0.1, 0.15) is 12.4 Å². The van der Waals surface area contributed by atoms with Crippen molar-refractivity contribution in [1.29, 1.82) is 0 Å². The van der Waals surface area contributed by atoms with Crippen molar-refractivity contribution in [3.63, 3.8) is 0 Å². The quantitative estimate of drug-likeness (QED) is 0.255. The Hall–Kier alpha value is -4.47. The van der Waals surface area contributed by atoms with Crippen molar-refractivity contribution in [3.05, 3.63) is 120 Å². The molecule has 0 spiro atoms. The largest absolute Gasteiger partial charge is 0.488 e. The van der Waals surface area contributed by atoms with Crippen molar-refractivity contribution in [3.8, 4) is 16.9 Å². The molecule has 9 heteroatoms. The molecule has 4 aromatic rings. The number of benzene rings is 4. The number of rotatable bonds is 8. The number of carbonyl (C=O) groups is 2. The lowest BCUT2D eigenvalue weighted by Crippen LogP contribution is -2.42. The van der Waals surface area contributed by atoms with Crippen LogP contribution in [0.1, 0.15) is 46.5 Å². The van der Waals surface area contributed by atoms with Gasteiger partial charge in [0.25, 0.3) is 11.8 Å². The predicted molar refractivity (Wildman–Crippen MR) is 166 cm³/mol. The van der Waals surface area contributed by atoms with Crippen LogP contribution in [0.2, 0.25) is 0 Å². The zero-order valence-corrected chi connectivity index (χ0v) is 25.0. The predicted octanol–water partition coefficient (Wildman–Crippen LogP) is 5.67. The van der Waals surface area contributed by atoms with E-state index in [0.29, 0.717) is 37.1 Å². The van der Waals surface area contributed by atoms with Gasteiger partial charge in [0.15, 0.2) is 0 Å². The monoisotopic (exact) mass is 597 g/mol. The summed E-state index contributed by atoms with van der Waals surface area (Å²) in [6.45, 7) is 5.39. The molecule has 2 N–H and O–H groups in total. The number of nitrogens with zero attached hydrogens (tertiary/aromatic N) is 1. The molecule has 0 radical (unpaired) electrons. The van der Waals surface area contributed by atoms with E-state index < -0.39 is 21.8 Å². The van der Waals surface area contributed by atoms with Crippen molar-refractivity contribution in [2.24, 2.45) is 11.8 Å². The molecule has 2 atom stereocenters. The fraction of sp³-hybridized carbons (Fsp3) is 0.235. The first-order chi connectivity index (χ1) is 20.7. The molecule has 4 aromatic carbocycles. The molecule has 8 nitrogen and oxygen atoms in total. The molecule has 0 bridgehead atoms. The maximum Gasteiger partial charge on any atom is 0.269 e. The highest BCUT2D eigenvalue weighted by Crippen LogP contribution is 2.30.